The van der Waals surface area contributed by atoms with Gasteiger partial charge in [0.1, 0.15) is 0 Å². The van der Waals surface area contributed by atoms with Gasteiger partial charge in [-0.05, 0) is 44.4 Å². The highest BCUT2D eigenvalue weighted by Crippen LogP contribution is 2.11. The van der Waals surface area contributed by atoms with E-state index in [2.05, 4.69) is 6.92 Å². The fourth-order valence-electron chi connectivity index (χ4n) is 2.10. The average molecular weight is 306 g/mol. The van der Waals surface area contributed by atoms with Gasteiger partial charge in [-0.15, -0.1) is 0 Å². The first-order chi connectivity index (χ1) is 10.6. The Balaban J connectivity index is 2.48. The number of carbonyl (C=O) groups excluding carboxylic acids is 2. The van der Waals surface area contributed by atoms with Crippen molar-refractivity contribution in [3.8, 4) is 0 Å². The molecule has 0 saturated heterocycles. The Morgan fingerprint density at radius 3 is 2.32 bits per heavy atom. The summed E-state index contributed by atoms with van der Waals surface area (Å²) in [6, 6.07) is 7.37. The molecule has 1 aromatic carbocycles. The maximum absolute atomic E-state index is 11.9. The first-order valence-corrected chi connectivity index (χ1v) is 8.05. The fraction of sp³-hybridized carbons (Fsp3) is 0.556. The molecule has 0 aliphatic heterocycles. The molecule has 0 N–H and O–H groups in total. The molecule has 0 spiro atoms. The second-order valence-corrected chi connectivity index (χ2v) is 5.31. The lowest BCUT2D eigenvalue weighted by molar-refractivity contribution is -0.152. The van der Waals surface area contributed by atoms with Crippen LogP contribution in [0.2, 0.25) is 0 Å². The maximum atomic E-state index is 11.9. The van der Waals surface area contributed by atoms with E-state index < -0.39 is 18.0 Å². The highest BCUT2D eigenvalue weighted by Gasteiger charge is 2.19. The van der Waals surface area contributed by atoms with E-state index in [1.165, 1.54) is 31.7 Å². The van der Waals surface area contributed by atoms with Crippen molar-refractivity contribution < 1.29 is 19.1 Å². The topological polar surface area (TPSA) is 52.6 Å². The first-order valence-electron chi connectivity index (χ1n) is 8.05. The van der Waals surface area contributed by atoms with Gasteiger partial charge in [0.15, 0.2) is 6.10 Å². The first kappa shape index (κ1) is 18.2. The Hall–Kier alpha value is -1.84. The van der Waals surface area contributed by atoms with Crippen molar-refractivity contribution in [2.45, 2.75) is 59.0 Å². The molecule has 0 heterocycles. The molecule has 4 nitrogen and oxygen atoms in total. The van der Waals surface area contributed by atoms with Crippen LogP contribution in [0.3, 0.4) is 0 Å². The van der Waals surface area contributed by atoms with Crippen molar-refractivity contribution in [2.24, 2.45) is 0 Å². The summed E-state index contributed by atoms with van der Waals surface area (Å²) in [5, 5.41) is 0. The summed E-state index contributed by atoms with van der Waals surface area (Å²) >= 11 is 0. The van der Waals surface area contributed by atoms with E-state index in [4.69, 9.17) is 9.47 Å². The van der Waals surface area contributed by atoms with E-state index in [1.54, 1.807) is 19.1 Å². The molecule has 0 fully saturated rings. The van der Waals surface area contributed by atoms with Gasteiger partial charge in [0.05, 0.1) is 12.2 Å². The molecular weight excluding hydrogens is 280 g/mol. The molecule has 0 bridgehead atoms. The van der Waals surface area contributed by atoms with Crippen LogP contribution in [0.25, 0.3) is 0 Å². The van der Waals surface area contributed by atoms with Crippen LogP contribution in [0.15, 0.2) is 24.3 Å². The van der Waals surface area contributed by atoms with Crippen LogP contribution < -0.4 is 0 Å². The van der Waals surface area contributed by atoms with Crippen LogP contribution >= 0.6 is 0 Å². The van der Waals surface area contributed by atoms with Gasteiger partial charge in [-0.2, -0.15) is 0 Å². The van der Waals surface area contributed by atoms with E-state index >= 15 is 0 Å². The molecule has 0 aromatic heterocycles. The van der Waals surface area contributed by atoms with Crippen LogP contribution in [0.1, 0.15) is 62.4 Å². The summed E-state index contributed by atoms with van der Waals surface area (Å²) in [5.74, 6) is -1.03. The van der Waals surface area contributed by atoms with E-state index in [9.17, 15) is 9.59 Å². The number of esters is 2. The van der Waals surface area contributed by atoms with Crippen LogP contribution in [0.5, 0.6) is 0 Å². The molecule has 1 rings (SSSR count). The Morgan fingerprint density at radius 2 is 1.73 bits per heavy atom. The highest BCUT2D eigenvalue weighted by atomic mass is 16.6. The van der Waals surface area contributed by atoms with Crippen LogP contribution in [-0.2, 0) is 20.7 Å². The van der Waals surface area contributed by atoms with Gasteiger partial charge in [-0.3, -0.25) is 0 Å². The summed E-state index contributed by atoms with van der Waals surface area (Å²) < 4.78 is 9.90. The number of hydrogen-bond acceptors (Lipinski definition) is 4. The predicted molar refractivity (Wildman–Crippen MR) is 85.8 cm³/mol. The second kappa shape index (κ2) is 9.98. The van der Waals surface area contributed by atoms with Gasteiger partial charge in [-0.25, -0.2) is 9.59 Å². The summed E-state index contributed by atoms with van der Waals surface area (Å²) in [4.78, 5) is 23.4. The molecule has 4 heteroatoms. The molecule has 0 aliphatic carbocycles. The lowest BCUT2D eigenvalue weighted by Crippen LogP contribution is -2.26. The van der Waals surface area contributed by atoms with Crippen molar-refractivity contribution in [3.05, 3.63) is 35.4 Å². The molecule has 0 amide bonds. The van der Waals surface area contributed by atoms with Gasteiger partial charge in [0, 0.05) is 0 Å². The van der Waals surface area contributed by atoms with Crippen LogP contribution in [-0.4, -0.2) is 24.6 Å². The molecule has 0 radical (unpaired) electrons. The summed E-state index contributed by atoms with van der Waals surface area (Å²) in [7, 11) is 0. The third-order valence-electron chi connectivity index (χ3n) is 3.41. The third kappa shape index (κ3) is 6.29. The summed E-state index contributed by atoms with van der Waals surface area (Å²) in [6.45, 7) is 5.69. The number of ether oxygens (including phenoxy) is 2. The van der Waals surface area contributed by atoms with E-state index in [1.807, 2.05) is 12.1 Å². The number of carbonyl (C=O) groups is 2. The average Bonchev–Trinajstić information content (AvgIpc) is 2.52. The standard InChI is InChI=1S/C18H26O4/c1-4-6-7-8-9-15-10-12-16(13-11-15)18(20)22-14(3)17(19)21-5-2/h10-14H,4-9H2,1-3H3. The molecular formula is C18H26O4. The molecule has 0 aliphatic rings. The fourth-order valence-corrected chi connectivity index (χ4v) is 2.10. The zero-order valence-corrected chi connectivity index (χ0v) is 13.8. The Labute approximate surface area is 132 Å². The van der Waals surface area contributed by atoms with Crippen molar-refractivity contribution in [3.63, 3.8) is 0 Å². The number of rotatable bonds is 9. The molecule has 22 heavy (non-hydrogen) atoms. The zero-order valence-electron chi connectivity index (χ0n) is 13.8. The van der Waals surface area contributed by atoms with Crippen molar-refractivity contribution >= 4 is 11.9 Å². The smallest absolute Gasteiger partial charge is 0.347 e. The highest BCUT2D eigenvalue weighted by molar-refractivity contribution is 5.91. The minimum absolute atomic E-state index is 0.271. The van der Waals surface area contributed by atoms with Gasteiger partial charge in [-0.1, -0.05) is 38.3 Å². The molecule has 122 valence electrons. The normalized spacial score (nSPS) is 11.8. The van der Waals surface area contributed by atoms with Gasteiger partial charge < -0.3 is 9.47 Å². The minimum Gasteiger partial charge on any atom is -0.463 e. The largest absolute Gasteiger partial charge is 0.463 e. The van der Waals surface area contributed by atoms with E-state index in [0.29, 0.717) is 5.56 Å². The number of benzene rings is 1. The SMILES string of the molecule is CCCCCCc1ccc(C(=O)OC(C)C(=O)OCC)cc1. The minimum atomic E-state index is -0.888. The van der Waals surface area contributed by atoms with Gasteiger partial charge >= 0.3 is 11.9 Å². The third-order valence-corrected chi connectivity index (χ3v) is 3.41. The lowest BCUT2D eigenvalue weighted by Gasteiger charge is -2.12. The maximum Gasteiger partial charge on any atom is 0.347 e. The van der Waals surface area contributed by atoms with Crippen LogP contribution in [0.4, 0.5) is 0 Å². The monoisotopic (exact) mass is 306 g/mol. The summed E-state index contributed by atoms with van der Waals surface area (Å²) in [6.07, 6.45) is 5.02. The Kier molecular flexibility index (Phi) is 8.26. The van der Waals surface area contributed by atoms with Crippen molar-refractivity contribution in [1.29, 1.82) is 0 Å². The molecule has 1 unspecified atom stereocenters. The van der Waals surface area contributed by atoms with E-state index in [-0.39, 0.29) is 6.61 Å². The van der Waals surface area contributed by atoms with Crippen molar-refractivity contribution in [1.82, 2.24) is 0 Å². The molecule has 0 saturated carbocycles. The lowest BCUT2D eigenvalue weighted by atomic mass is 10.0. The quantitative estimate of drug-likeness (QED) is 0.512. The molecule has 1 aromatic rings. The summed E-state index contributed by atoms with van der Waals surface area (Å²) in [5.41, 5.74) is 1.67. The predicted octanol–water partition coefficient (Wildman–Crippen LogP) is 3.92. The van der Waals surface area contributed by atoms with Crippen LogP contribution in [0, 0.1) is 0 Å². The zero-order chi connectivity index (χ0) is 16.4. The second-order valence-electron chi connectivity index (χ2n) is 5.31. The van der Waals surface area contributed by atoms with Gasteiger partial charge in [0.2, 0.25) is 0 Å². The van der Waals surface area contributed by atoms with Crippen molar-refractivity contribution in [2.75, 3.05) is 6.61 Å². The Morgan fingerprint density at radius 1 is 1.05 bits per heavy atom. The number of unbranched alkanes of at least 4 members (excludes halogenated alkanes) is 3. The Bertz CT molecular complexity index is 464. The van der Waals surface area contributed by atoms with Gasteiger partial charge in [0.25, 0.3) is 0 Å². The number of hydrogen-bond donors (Lipinski definition) is 0. The molecule has 1 atom stereocenters. The number of aryl methyl sites for hydroxylation is 1. The van der Waals surface area contributed by atoms with E-state index in [0.717, 1.165) is 12.8 Å².